The maximum absolute atomic E-state index is 10.9. The molecule has 19 heavy (non-hydrogen) atoms. The first-order valence-electron chi connectivity index (χ1n) is 5.11. The van der Waals surface area contributed by atoms with Crippen molar-refractivity contribution in [2.45, 2.75) is 9.79 Å². The molecular formula is C12H8Cl2N2O2S. The molecule has 1 heterocycles. The highest BCUT2D eigenvalue weighted by Crippen LogP contribution is 2.40. The van der Waals surface area contributed by atoms with Crippen LogP contribution in [0.4, 0.5) is 5.69 Å². The Morgan fingerprint density at radius 1 is 1.26 bits per heavy atom. The van der Waals surface area contributed by atoms with Crippen LogP contribution in [-0.2, 0) is 0 Å². The average molecular weight is 315 g/mol. The van der Waals surface area contributed by atoms with Crippen molar-refractivity contribution in [1.29, 1.82) is 0 Å². The van der Waals surface area contributed by atoms with Crippen molar-refractivity contribution in [1.82, 2.24) is 4.98 Å². The SMILES string of the molecule is Nc1c(Cl)c(C(=O)O)nc(Cl)c1Sc1ccccc1. The third kappa shape index (κ3) is 2.94. The molecule has 7 heteroatoms. The number of hydrogen-bond donors (Lipinski definition) is 2. The van der Waals surface area contributed by atoms with Gasteiger partial charge in [-0.2, -0.15) is 0 Å². The number of aromatic nitrogens is 1. The minimum Gasteiger partial charge on any atom is -0.476 e. The lowest BCUT2D eigenvalue weighted by atomic mass is 10.3. The lowest BCUT2D eigenvalue weighted by molar-refractivity contribution is 0.0690. The van der Waals surface area contributed by atoms with Gasteiger partial charge in [0.15, 0.2) is 5.69 Å². The van der Waals surface area contributed by atoms with E-state index in [-0.39, 0.29) is 21.6 Å². The quantitative estimate of drug-likeness (QED) is 0.842. The number of carbonyl (C=O) groups is 1. The Balaban J connectivity index is 2.48. The van der Waals surface area contributed by atoms with Gasteiger partial charge in [-0.25, -0.2) is 9.78 Å². The van der Waals surface area contributed by atoms with Crippen LogP contribution in [0, 0.1) is 0 Å². The number of carboxylic acids is 1. The molecule has 0 fully saturated rings. The molecular weight excluding hydrogens is 307 g/mol. The maximum Gasteiger partial charge on any atom is 0.356 e. The predicted molar refractivity (Wildman–Crippen MR) is 76.2 cm³/mol. The van der Waals surface area contributed by atoms with Gasteiger partial charge in [-0.05, 0) is 12.1 Å². The van der Waals surface area contributed by atoms with E-state index in [0.29, 0.717) is 4.90 Å². The number of carboxylic acid groups (broad SMARTS) is 1. The van der Waals surface area contributed by atoms with E-state index in [1.807, 2.05) is 30.3 Å². The molecule has 0 amide bonds. The summed E-state index contributed by atoms with van der Waals surface area (Å²) in [7, 11) is 0. The summed E-state index contributed by atoms with van der Waals surface area (Å²) in [4.78, 5) is 16.0. The molecule has 0 aliphatic heterocycles. The Hall–Kier alpha value is -1.43. The van der Waals surface area contributed by atoms with Gasteiger partial charge in [0.1, 0.15) is 5.15 Å². The second-order valence-corrected chi connectivity index (χ2v) is 5.35. The molecule has 2 aromatic rings. The Morgan fingerprint density at radius 2 is 1.89 bits per heavy atom. The van der Waals surface area contributed by atoms with Gasteiger partial charge < -0.3 is 10.8 Å². The topological polar surface area (TPSA) is 76.2 Å². The normalized spacial score (nSPS) is 10.4. The average Bonchev–Trinajstić information content (AvgIpc) is 2.40. The summed E-state index contributed by atoms with van der Waals surface area (Å²) in [5.74, 6) is -1.27. The summed E-state index contributed by atoms with van der Waals surface area (Å²) >= 11 is 13.1. The molecule has 0 bridgehead atoms. The van der Waals surface area contributed by atoms with Crippen molar-refractivity contribution in [3.63, 3.8) is 0 Å². The predicted octanol–water partition coefficient (Wildman–Crippen LogP) is 3.82. The number of halogens is 2. The van der Waals surface area contributed by atoms with Crippen molar-refractivity contribution >= 4 is 46.6 Å². The minimum absolute atomic E-state index is 0.0214. The van der Waals surface area contributed by atoms with Crippen molar-refractivity contribution in [2.75, 3.05) is 5.73 Å². The van der Waals surface area contributed by atoms with Crippen LogP contribution in [0.3, 0.4) is 0 Å². The molecule has 0 aliphatic carbocycles. The van der Waals surface area contributed by atoms with E-state index in [9.17, 15) is 4.79 Å². The zero-order chi connectivity index (χ0) is 14.0. The number of pyridine rings is 1. The van der Waals surface area contributed by atoms with Crippen LogP contribution in [0.1, 0.15) is 10.5 Å². The van der Waals surface area contributed by atoms with Gasteiger partial charge in [-0.1, -0.05) is 53.2 Å². The number of aromatic carboxylic acids is 1. The smallest absolute Gasteiger partial charge is 0.356 e. The van der Waals surface area contributed by atoms with Crippen LogP contribution in [-0.4, -0.2) is 16.1 Å². The molecule has 0 radical (unpaired) electrons. The molecule has 98 valence electrons. The van der Waals surface area contributed by atoms with Crippen LogP contribution < -0.4 is 5.73 Å². The van der Waals surface area contributed by atoms with Crippen LogP contribution in [0.25, 0.3) is 0 Å². The fraction of sp³-hybridized carbons (Fsp3) is 0. The highest BCUT2D eigenvalue weighted by molar-refractivity contribution is 7.99. The number of anilines is 1. The Bertz CT molecular complexity index is 635. The number of hydrogen-bond acceptors (Lipinski definition) is 4. The van der Waals surface area contributed by atoms with Gasteiger partial charge in [-0.15, -0.1) is 0 Å². The van der Waals surface area contributed by atoms with Crippen molar-refractivity contribution in [3.8, 4) is 0 Å². The second kappa shape index (κ2) is 5.69. The van der Waals surface area contributed by atoms with E-state index in [1.165, 1.54) is 11.8 Å². The van der Waals surface area contributed by atoms with Crippen LogP contribution >= 0.6 is 35.0 Å². The molecule has 0 unspecified atom stereocenters. The van der Waals surface area contributed by atoms with E-state index in [0.717, 1.165) is 4.90 Å². The fourth-order valence-electron chi connectivity index (χ4n) is 1.38. The highest BCUT2D eigenvalue weighted by Gasteiger charge is 2.20. The molecule has 4 nitrogen and oxygen atoms in total. The summed E-state index contributed by atoms with van der Waals surface area (Å²) in [6.45, 7) is 0. The van der Waals surface area contributed by atoms with Crippen molar-refractivity contribution in [2.24, 2.45) is 0 Å². The number of nitrogens with zero attached hydrogens (tertiary/aromatic N) is 1. The fourth-order valence-corrected chi connectivity index (χ4v) is 2.83. The van der Waals surface area contributed by atoms with Gasteiger partial charge in [0.05, 0.1) is 15.6 Å². The number of nitrogens with two attached hydrogens (primary N) is 1. The monoisotopic (exact) mass is 314 g/mol. The minimum atomic E-state index is -1.27. The van der Waals surface area contributed by atoms with E-state index in [1.54, 1.807) is 0 Å². The molecule has 1 aromatic heterocycles. The Kier molecular flexibility index (Phi) is 4.19. The first-order valence-corrected chi connectivity index (χ1v) is 6.68. The summed E-state index contributed by atoms with van der Waals surface area (Å²) in [5.41, 5.74) is 5.60. The Morgan fingerprint density at radius 3 is 2.47 bits per heavy atom. The summed E-state index contributed by atoms with van der Waals surface area (Å²) in [6, 6.07) is 9.37. The zero-order valence-electron chi connectivity index (χ0n) is 9.43. The van der Waals surface area contributed by atoms with E-state index in [2.05, 4.69) is 4.98 Å². The molecule has 3 N–H and O–H groups in total. The summed E-state index contributed by atoms with van der Waals surface area (Å²) in [6.07, 6.45) is 0. The number of rotatable bonds is 3. The molecule has 0 atom stereocenters. The van der Waals surface area contributed by atoms with Gasteiger partial charge in [0.2, 0.25) is 0 Å². The third-order valence-electron chi connectivity index (χ3n) is 2.25. The largest absolute Gasteiger partial charge is 0.476 e. The standard InChI is InChI=1S/C12H8Cl2N2O2S/c13-7-8(15)10(11(14)16-9(7)12(17)18)19-6-4-2-1-3-5-6/h1-5H,(H2,15,16)(H,17,18). The first-order chi connectivity index (χ1) is 9.00. The van der Waals surface area contributed by atoms with Gasteiger partial charge in [0, 0.05) is 4.90 Å². The van der Waals surface area contributed by atoms with Gasteiger partial charge in [0.25, 0.3) is 0 Å². The summed E-state index contributed by atoms with van der Waals surface area (Å²) in [5, 5.41) is 8.85. The number of nitrogen functional groups attached to an aromatic ring is 1. The third-order valence-corrected chi connectivity index (χ3v) is 4.15. The molecule has 0 saturated carbocycles. The lowest BCUT2D eigenvalue weighted by Crippen LogP contribution is -2.05. The van der Waals surface area contributed by atoms with Gasteiger partial charge >= 0.3 is 5.97 Å². The molecule has 0 aliphatic rings. The van der Waals surface area contributed by atoms with Crippen molar-refractivity contribution < 1.29 is 9.90 Å². The van der Waals surface area contributed by atoms with E-state index < -0.39 is 5.97 Å². The molecule has 1 aromatic carbocycles. The van der Waals surface area contributed by atoms with Crippen molar-refractivity contribution in [3.05, 3.63) is 46.2 Å². The highest BCUT2D eigenvalue weighted by atomic mass is 35.5. The molecule has 0 spiro atoms. The van der Waals surface area contributed by atoms with Gasteiger partial charge in [-0.3, -0.25) is 0 Å². The van der Waals surface area contributed by atoms with Crippen LogP contribution in [0.2, 0.25) is 10.2 Å². The van der Waals surface area contributed by atoms with E-state index >= 15 is 0 Å². The van der Waals surface area contributed by atoms with E-state index in [4.69, 9.17) is 34.0 Å². The molecule has 0 saturated heterocycles. The molecule has 2 rings (SSSR count). The van der Waals surface area contributed by atoms with Crippen LogP contribution in [0.15, 0.2) is 40.1 Å². The maximum atomic E-state index is 10.9. The lowest BCUT2D eigenvalue weighted by Gasteiger charge is -2.10. The number of benzene rings is 1. The second-order valence-electron chi connectivity index (χ2n) is 3.53. The zero-order valence-corrected chi connectivity index (χ0v) is 11.8. The first kappa shape index (κ1) is 14.0. The van der Waals surface area contributed by atoms with Crippen LogP contribution in [0.5, 0.6) is 0 Å². The Labute approximate surface area is 123 Å². The summed E-state index contributed by atoms with van der Waals surface area (Å²) < 4.78 is 0.